The van der Waals surface area contributed by atoms with Crippen molar-refractivity contribution < 1.29 is 19.4 Å². The second kappa shape index (κ2) is 7.51. The molecule has 18 heavy (non-hydrogen) atoms. The minimum atomic E-state index is -1.04. The van der Waals surface area contributed by atoms with E-state index in [9.17, 15) is 9.59 Å². The van der Waals surface area contributed by atoms with Crippen LogP contribution < -0.4 is 5.32 Å². The molecule has 0 radical (unpaired) electrons. The predicted molar refractivity (Wildman–Crippen MR) is 73.0 cm³/mol. The Kier molecular flexibility index (Phi) is 7.13. The third kappa shape index (κ3) is 9.15. The summed E-state index contributed by atoms with van der Waals surface area (Å²) in [5, 5.41) is 11.4. The number of aliphatic carboxylic acids is 1. The maximum atomic E-state index is 11.5. The molecule has 0 fully saturated rings. The van der Waals surface area contributed by atoms with E-state index in [0.717, 1.165) is 5.75 Å². The van der Waals surface area contributed by atoms with E-state index < -0.39 is 23.7 Å². The largest absolute Gasteiger partial charge is 0.480 e. The first-order valence-electron chi connectivity index (χ1n) is 5.92. The second-order valence-electron chi connectivity index (χ2n) is 5.47. The molecule has 0 unspecified atom stereocenters. The highest BCUT2D eigenvalue weighted by molar-refractivity contribution is 7.99. The zero-order valence-electron chi connectivity index (χ0n) is 11.6. The van der Waals surface area contributed by atoms with Gasteiger partial charge in [-0.15, -0.1) is 0 Å². The Bertz CT molecular complexity index is 286. The molecule has 5 nitrogen and oxygen atoms in total. The molecule has 0 saturated heterocycles. The highest BCUT2D eigenvalue weighted by atomic mass is 32.2. The van der Waals surface area contributed by atoms with Gasteiger partial charge >= 0.3 is 12.1 Å². The van der Waals surface area contributed by atoms with E-state index in [0.29, 0.717) is 11.7 Å². The Labute approximate surface area is 113 Å². The van der Waals surface area contributed by atoms with Crippen LogP contribution in [0.1, 0.15) is 34.6 Å². The topological polar surface area (TPSA) is 75.6 Å². The summed E-state index contributed by atoms with van der Waals surface area (Å²) in [6.45, 7) is 9.32. The van der Waals surface area contributed by atoms with Gasteiger partial charge < -0.3 is 15.2 Å². The maximum Gasteiger partial charge on any atom is 0.408 e. The van der Waals surface area contributed by atoms with Crippen molar-refractivity contribution in [3.05, 3.63) is 0 Å². The summed E-state index contributed by atoms with van der Waals surface area (Å²) in [6.07, 6.45) is -0.694. The predicted octanol–water partition coefficient (Wildman–Crippen LogP) is 2.35. The van der Waals surface area contributed by atoms with Gasteiger partial charge in [0.2, 0.25) is 0 Å². The number of amides is 1. The average molecular weight is 277 g/mol. The number of rotatable bonds is 6. The van der Waals surface area contributed by atoms with E-state index in [1.54, 1.807) is 20.8 Å². The molecule has 0 spiro atoms. The second-order valence-corrected chi connectivity index (χ2v) is 6.54. The fourth-order valence-corrected chi connectivity index (χ4v) is 2.12. The Morgan fingerprint density at radius 2 is 1.83 bits per heavy atom. The first kappa shape index (κ1) is 17.1. The molecule has 0 aliphatic rings. The quantitative estimate of drug-likeness (QED) is 0.779. The summed E-state index contributed by atoms with van der Waals surface area (Å²) in [4.78, 5) is 22.5. The molecule has 0 aliphatic heterocycles. The minimum Gasteiger partial charge on any atom is -0.480 e. The van der Waals surface area contributed by atoms with Crippen molar-refractivity contribution in [1.82, 2.24) is 5.32 Å². The van der Waals surface area contributed by atoms with Gasteiger partial charge in [0.1, 0.15) is 11.6 Å². The van der Waals surface area contributed by atoms with E-state index in [2.05, 4.69) is 19.2 Å². The Morgan fingerprint density at radius 3 is 2.22 bits per heavy atom. The number of thioether (sulfide) groups is 1. The molecule has 106 valence electrons. The summed E-state index contributed by atoms with van der Waals surface area (Å²) in [7, 11) is 0. The fourth-order valence-electron chi connectivity index (χ4n) is 1.05. The lowest BCUT2D eigenvalue weighted by molar-refractivity contribution is -0.138. The van der Waals surface area contributed by atoms with Crippen molar-refractivity contribution in [3.63, 3.8) is 0 Å². The first-order chi connectivity index (χ1) is 8.11. The number of alkyl carbamates (subject to hydrolysis) is 1. The summed E-state index contributed by atoms with van der Waals surface area (Å²) >= 11 is 1.51. The number of carbonyl (C=O) groups is 2. The normalized spacial score (nSPS) is 13.2. The molecule has 0 bridgehead atoms. The summed E-state index contributed by atoms with van der Waals surface area (Å²) < 4.78 is 5.02. The van der Waals surface area contributed by atoms with Crippen LogP contribution in [0.4, 0.5) is 4.79 Å². The smallest absolute Gasteiger partial charge is 0.408 e. The number of carboxylic acid groups (broad SMARTS) is 1. The number of carboxylic acids is 1. The summed E-state index contributed by atoms with van der Waals surface area (Å²) in [5.74, 6) is 0.648. The molecule has 2 N–H and O–H groups in total. The molecule has 0 aromatic carbocycles. The van der Waals surface area contributed by atoms with Crippen LogP contribution in [0.2, 0.25) is 0 Å². The zero-order valence-corrected chi connectivity index (χ0v) is 12.5. The average Bonchev–Trinajstić information content (AvgIpc) is 2.12. The van der Waals surface area contributed by atoms with Gasteiger partial charge in [-0.2, -0.15) is 11.8 Å². The third-order valence-corrected chi connectivity index (χ3v) is 3.20. The molecule has 1 amide bonds. The maximum absolute atomic E-state index is 11.5. The first-order valence-corrected chi connectivity index (χ1v) is 7.07. The van der Waals surface area contributed by atoms with E-state index in [4.69, 9.17) is 9.84 Å². The van der Waals surface area contributed by atoms with Crippen LogP contribution in [0.25, 0.3) is 0 Å². The highest BCUT2D eigenvalue weighted by Crippen LogP contribution is 2.11. The number of nitrogens with one attached hydrogen (secondary N) is 1. The standard InChI is InChI=1S/C12H23NO4S/c1-8(2)6-18-7-9(10(14)15)13-11(16)17-12(3,4)5/h8-9H,6-7H2,1-5H3,(H,13,16)(H,14,15)/t9-/m1/s1. The lowest BCUT2D eigenvalue weighted by Crippen LogP contribution is -2.45. The van der Waals surface area contributed by atoms with Crippen molar-refractivity contribution >= 4 is 23.8 Å². The van der Waals surface area contributed by atoms with Gasteiger partial charge in [0.15, 0.2) is 0 Å². The van der Waals surface area contributed by atoms with Crippen LogP contribution in [-0.4, -0.2) is 40.3 Å². The summed E-state index contributed by atoms with van der Waals surface area (Å²) in [6, 6.07) is -0.913. The van der Waals surface area contributed by atoms with Gasteiger partial charge in [0.25, 0.3) is 0 Å². The van der Waals surface area contributed by atoms with E-state index >= 15 is 0 Å². The van der Waals surface area contributed by atoms with Crippen molar-refractivity contribution in [1.29, 1.82) is 0 Å². The van der Waals surface area contributed by atoms with Gasteiger partial charge in [-0.1, -0.05) is 13.8 Å². The van der Waals surface area contributed by atoms with Crippen molar-refractivity contribution in [2.45, 2.75) is 46.3 Å². The SMILES string of the molecule is CC(C)CSC[C@@H](NC(=O)OC(C)(C)C)C(=O)O. The molecule has 0 saturated carbocycles. The molecular weight excluding hydrogens is 254 g/mol. The molecule has 0 aliphatic carbocycles. The van der Waals surface area contributed by atoms with Crippen LogP contribution in [-0.2, 0) is 9.53 Å². The molecule has 6 heteroatoms. The highest BCUT2D eigenvalue weighted by Gasteiger charge is 2.23. The molecule has 0 aromatic heterocycles. The van der Waals surface area contributed by atoms with Gasteiger partial charge in [-0.3, -0.25) is 0 Å². The monoisotopic (exact) mass is 277 g/mol. The van der Waals surface area contributed by atoms with Crippen LogP contribution >= 0.6 is 11.8 Å². The molecule has 1 atom stereocenters. The molecule has 0 aromatic rings. The van der Waals surface area contributed by atoms with Gasteiger partial charge in [0.05, 0.1) is 0 Å². The zero-order chi connectivity index (χ0) is 14.3. The van der Waals surface area contributed by atoms with Crippen molar-refractivity contribution in [2.75, 3.05) is 11.5 Å². The summed E-state index contributed by atoms with van der Waals surface area (Å²) in [5.41, 5.74) is -0.627. The van der Waals surface area contributed by atoms with Gasteiger partial charge in [-0.05, 0) is 32.4 Å². The van der Waals surface area contributed by atoms with Crippen LogP contribution in [0, 0.1) is 5.92 Å². The van der Waals surface area contributed by atoms with E-state index in [1.165, 1.54) is 11.8 Å². The van der Waals surface area contributed by atoms with E-state index in [-0.39, 0.29) is 0 Å². The van der Waals surface area contributed by atoms with Crippen molar-refractivity contribution in [2.24, 2.45) is 5.92 Å². The van der Waals surface area contributed by atoms with Crippen LogP contribution in [0.3, 0.4) is 0 Å². The van der Waals surface area contributed by atoms with Crippen molar-refractivity contribution in [3.8, 4) is 0 Å². The number of hydrogen-bond acceptors (Lipinski definition) is 4. The van der Waals surface area contributed by atoms with Gasteiger partial charge in [-0.25, -0.2) is 9.59 Å². The lowest BCUT2D eigenvalue weighted by atomic mass is 10.2. The number of hydrogen-bond donors (Lipinski definition) is 2. The Hall–Kier alpha value is -0.910. The Balaban J connectivity index is 4.19. The fraction of sp³-hybridized carbons (Fsp3) is 0.833. The van der Waals surface area contributed by atoms with Crippen LogP contribution in [0.5, 0.6) is 0 Å². The van der Waals surface area contributed by atoms with Crippen LogP contribution in [0.15, 0.2) is 0 Å². The number of ether oxygens (including phenoxy) is 1. The van der Waals surface area contributed by atoms with Gasteiger partial charge in [0, 0.05) is 5.75 Å². The third-order valence-electron chi connectivity index (χ3n) is 1.72. The lowest BCUT2D eigenvalue weighted by Gasteiger charge is -2.22. The number of carbonyl (C=O) groups excluding carboxylic acids is 1. The molecule has 0 heterocycles. The minimum absolute atomic E-state index is 0.340. The molecular formula is C12H23NO4S. The van der Waals surface area contributed by atoms with E-state index in [1.807, 2.05) is 0 Å². The molecule has 0 rings (SSSR count). The Morgan fingerprint density at radius 1 is 1.28 bits per heavy atom.